The number of aliphatic hydroxyl groups is 1. The summed E-state index contributed by atoms with van der Waals surface area (Å²) in [6, 6.07) is -0.172. The average Bonchev–Trinajstić information content (AvgIpc) is 3.50. The first-order chi connectivity index (χ1) is 18.4. The predicted octanol–water partition coefficient (Wildman–Crippen LogP) is 5.50. The highest BCUT2D eigenvalue weighted by Crippen LogP contribution is 2.43. The number of nitrogens with one attached hydrogen (secondary N) is 1. The quantitative estimate of drug-likeness (QED) is 0.295. The van der Waals surface area contributed by atoms with E-state index in [1.807, 2.05) is 6.92 Å². The molecule has 2 N–H and O–H groups in total. The second-order valence-corrected chi connectivity index (χ2v) is 12.6. The second-order valence-electron chi connectivity index (χ2n) is 9.18. The number of thiazole rings is 1. The number of amides is 1. The van der Waals surface area contributed by atoms with Crippen molar-refractivity contribution in [3.8, 4) is 21.3 Å². The first-order valence-corrected chi connectivity index (χ1v) is 14.9. The Hall–Kier alpha value is -2.30. The van der Waals surface area contributed by atoms with Crippen LogP contribution >= 0.6 is 34.5 Å². The van der Waals surface area contributed by atoms with Crippen molar-refractivity contribution in [2.45, 2.75) is 63.8 Å². The molecule has 0 saturated heterocycles. The van der Waals surface area contributed by atoms with Crippen molar-refractivity contribution in [3.63, 3.8) is 0 Å². The van der Waals surface area contributed by atoms with E-state index in [9.17, 15) is 31.5 Å². The Kier molecular flexibility index (Phi) is 9.58. The molecule has 2 aromatic heterocycles. The Morgan fingerprint density at radius 1 is 1.20 bits per heavy atom. The van der Waals surface area contributed by atoms with Crippen LogP contribution in [0.3, 0.4) is 0 Å². The molecule has 2 heterocycles. The van der Waals surface area contributed by atoms with Gasteiger partial charge in [-0.15, -0.1) is 21.5 Å². The third-order valence-electron chi connectivity index (χ3n) is 5.53. The molecule has 3 rings (SSSR count). The van der Waals surface area contributed by atoms with E-state index in [0.29, 0.717) is 26.4 Å². The molecule has 40 heavy (non-hydrogen) atoms. The molecule has 1 amide bonds. The van der Waals surface area contributed by atoms with Gasteiger partial charge in [0.15, 0.2) is 5.01 Å². The molecule has 0 aliphatic carbocycles. The van der Waals surface area contributed by atoms with Crippen LogP contribution in [0.15, 0.2) is 21.4 Å². The zero-order chi connectivity index (χ0) is 30.2. The van der Waals surface area contributed by atoms with Crippen molar-refractivity contribution in [1.82, 2.24) is 24.8 Å². The van der Waals surface area contributed by atoms with Gasteiger partial charge in [-0.2, -0.15) is 17.9 Å². The number of hydrogen-bond donors (Lipinski definition) is 2. The van der Waals surface area contributed by atoms with Crippen molar-refractivity contribution in [1.29, 1.82) is 0 Å². The predicted molar refractivity (Wildman–Crippen MR) is 144 cm³/mol. The average molecular weight is 645 g/mol. The van der Waals surface area contributed by atoms with E-state index in [0.717, 1.165) is 17.4 Å². The Morgan fingerprint density at radius 2 is 1.85 bits per heavy atom. The molecule has 1 aromatic carbocycles. The van der Waals surface area contributed by atoms with Crippen molar-refractivity contribution in [2.75, 3.05) is 13.1 Å². The summed E-state index contributed by atoms with van der Waals surface area (Å²) in [6.45, 7) is 7.98. The molecule has 10 nitrogen and oxygen atoms in total. The number of aromatic nitrogens is 3. The third-order valence-corrected chi connectivity index (χ3v) is 9.18. The summed E-state index contributed by atoms with van der Waals surface area (Å²) in [5, 5.41) is 17.1. The highest BCUT2D eigenvalue weighted by atomic mass is 35.5. The van der Waals surface area contributed by atoms with Crippen LogP contribution in [0.5, 0.6) is 0 Å². The van der Waals surface area contributed by atoms with Crippen molar-refractivity contribution in [3.05, 3.63) is 33.8 Å². The summed E-state index contributed by atoms with van der Waals surface area (Å²) < 4.78 is 71.4. The van der Waals surface area contributed by atoms with E-state index >= 15 is 0 Å². The monoisotopic (exact) mass is 643 g/mol. The van der Waals surface area contributed by atoms with E-state index in [4.69, 9.17) is 27.6 Å². The fourth-order valence-corrected chi connectivity index (χ4v) is 6.56. The highest BCUT2D eigenvalue weighted by Gasteiger charge is 2.39. The maximum absolute atomic E-state index is 13.5. The Balaban J connectivity index is 2.17. The Morgan fingerprint density at radius 3 is 2.38 bits per heavy atom. The fourth-order valence-electron chi connectivity index (χ4n) is 3.40. The van der Waals surface area contributed by atoms with Crippen LogP contribution in [0.2, 0.25) is 10.0 Å². The van der Waals surface area contributed by atoms with Crippen molar-refractivity contribution >= 4 is 50.5 Å². The van der Waals surface area contributed by atoms with E-state index in [1.165, 1.54) is 29.5 Å². The zero-order valence-electron chi connectivity index (χ0n) is 21.9. The number of rotatable bonds is 10. The van der Waals surface area contributed by atoms with Crippen LogP contribution in [0.25, 0.3) is 21.3 Å². The van der Waals surface area contributed by atoms with Gasteiger partial charge in [0.25, 0.3) is 11.8 Å². The van der Waals surface area contributed by atoms with Gasteiger partial charge in [0.05, 0.1) is 14.9 Å². The first-order valence-electron chi connectivity index (χ1n) is 11.9. The van der Waals surface area contributed by atoms with Crippen LogP contribution in [0.4, 0.5) is 13.2 Å². The summed E-state index contributed by atoms with van der Waals surface area (Å²) in [6.07, 6.45) is -4.17. The molecular formula is C23H26Cl2F3N5O5S2. The molecule has 0 saturated carbocycles. The maximum Gasteiger partial charge on any atom is 0.404 e. The summed E-state index contributed by atoms with van der Waals surface area (Å²) in [5.41, 5.74) is -1.40. The van der Waals surface area contributed by atoms with Crippen LogP contribution in [-0.2, 0) is 15.6 Å². The lowest BCUT2D eigenvalue weighted by atomic mass is 10.1. The normalized spacial score (nSPS) is 13.5. The van der Waals surface area contributed by atoms with Gasteiger partial charge in [0.1, 0.15) is 22.2 Å². The van der Waals surface area contributed by atoms with Gasteiger partial charge in [-0.1, -0.05) is 36.2 Å². The van der Waals surface area contributed by atoms with Crippen molar-refractivity contribution in [2.24, 2.45) is 0 Å². The van der Waals surface area contributed by atoms with Crippen LogP contribution in [-0.4, -0.2) is 64.8 Å². The first kappa shape index (κ1) is 32.2. The molecule has 17 heteroatoms. The Bertz CT molecular complexity index is 1500. The van der Waals surface area contributed by atoms with E-state index in [-0.39, 0.29) is 37.9 Å². The standard InChI is InChI=1S/C23H26Cl2F3N5O5S2/c1-6-10-33(7-2)20(34)16-17(39-19(29-16)18-30-31-21(38-18)22(4,5)35)12-8-9-13(15(25)14(12)24)40(36,37)32-11(3)23(26,27)28/h8-9,11,32,35H,6-7,10H2,1-5H3. The fraction of sp³-hybridized carbons (Fsp3) is 0.478. The van der Waals surface area contributed by atoms with Crippen LogP contribution in [0.1, 0.15) is 57.4 Å². The van der Waals surface area contributed by atoms with Crippen LogP contribution in [0, 0.1) is 0 Å². The molecule has 1 atom stereocenters. The van der Waals surface area contributed by atoms with Gasteiger partial charge >= 0.3 is 6.18 Å². The molecule has 0 spiro atoms. The lowest BCUT2D eigenvalue weighted by Crippen LogP contribution is -2.43. The second kappa shape index (κ2) is 11.9. The minimum absolute atomic E-state index is 0.0595. The lowest BCUT2D eigenvalue weighted by Gasteiger charge is -2.20. The lowest BCUT2D eigenvalue weighted by molar-refractivity contribution is -0.147. The molecule has 0 bridgehead atoms. The number of hydrogen-bond acceptors (Lipinski definition) is 9. The molecule has 220 valence electrons. The third kappa shape index (κ3) is 6.77. The molecule has 0 radical (unpaired) electrons. The summed E-state index contributed by atoms with van der Waals surface area (Å²) in [4.78, 5) is 18.9. The molecule has 0 aliphatic heterocycles. The van der Waals surface area contributed by atoms with Crippen LogP contribution < -0.4 is 4.72 Å². The molecular weight excluding hydrogens is 618 g/mol. The summed E-state index contributed by atoms with van der Waals surface area (Å²) >= 11 is 13.6. The van der Waals surface area contributed by atoms with Gasteiger partial charge < -0.3 is 14.4 Å². The topological polar surface area (TPSA) is 139 Å². The molecule has 0 fully saturated rings. The minimum Gasteiger partial charge on any atom is -0.415 e. The largest absolute Gasteiger partial charge is 0.415 e. The van der Waals surface area contributed by atoms with E-state index in [2.05, 4.69) is 15.2 Å². The smallest absolute Gasteiger partial charge is 0.404 e. The van der Waals surface area contributed by atoms with Gasteiger partial charge in [-0.3, -0.25) is 4.79 Å². The molecule has 0 aliphatic rings. The van der Waals surface area contributed by atoms with Gasteiger partial charge in [0, 0.05) is 18.7 Å². The number of alkyl halides is 3. The minimum atomic E-state index is -4.83. The number of carbonyl (C=O) groups is 1. The van der Waals surface area contributed by atoms with Gasteiger partial charge in [-0.05, 0) is 40.2 Å². The van der Waals surface area contributed by atoms with Gasteiger partial charge in [0.2, 0.25) is 15.9 Å². The number of carbonyl (C=O) groups excluding carboxylic acids is 1. The molecule has 1 unspecified atom stereocenters. The van der Waals surface area contributed by atoms with Crippen molar-refractivity contribution < 1.29 is 35.9 Å². The van der Waals surface area contributed by atoms with E-state index in [1.54, 1.807) is 6.92 Å². The zero-order valence-corrected chi connectivity index (χ0v) is 25.1. The van der Waals surface area contributed by atoms with E-state index < -0.39 is 43.7 Å². The number of nitrogens with zero attached hydrogens (tertiary/aromatic N) is 4. The van der Waals surface area contributed by atoms with Gasteiger partial charge in [-0.25, -0.2) is 13.4 Å². The Labute approximate surface area is 242 Å². The number of sulfonamides is 1. The number of benzene rings is 1. The summed E-state index contributed by atoms with van der Waals surface area (Å²) in [7, 11) is -4.73. The SMILES string of the molecule is CCCN(CC)C(=O)c1nc(-c2nnc(C(C)(C)O)o2)sc1-c1ccc(S(=O)(=O)NC(C)C(F)(F)F)c(Cl)c1Cl. The summed E-state index contributed by atoms with van der Waals surface area (Å²) in [5.74, 6) is -0.647. The number of halogens is 5. The highest BCUT2D eigenvalue weighted by molar-refractivity contribution is 7.89. The maximum atomic E-state index is 13.5. The molecule has 3 aromatic rings.